The van der Waals surface area contributed by atoms with E-state index in [4.69, 9.17) is 4.74 Å². The van der Waals surface area contributed by atoms with Gasteiger partial charge in [0.2, 0.25) is 5.91 Å². The molecule has 1 amide bonds. The van der Waals surface area contributed by atoms with Gasteiger partial charge in [-0.1, -0.05) is 25.3 Å². The highest BCUT2D eigenvalue weighted by Gasteiger charge is 2.42. The van der Waals surface area contributed by atoms with Crippen molar-refractivity contribution in [3.05, 3.63) is 11.6 Å². The van der Waals surface area contributed by atoms with Gasteiger partial charge in [-0.2, -0.15) is 0 Å². The number of rotatable bonds is 5. The van der Waals surface area contributed by atoms with Gasteiger partial charge < -0.3 is 14.7 Å². The number of carbonyl (C=O) groups is 2. The molecule has 1 aliphatic carbocycles. The van der Waals surface area contributed by atoms with Crippen LogP contribution in [0.5, 0.6) is 0 Å². The van der Waals surface area contributed by atoms with E-state index < -0.39 is 11.4 Å². The monoisotopic (exact) mass is 295 g/mol. The van der Waals surface area contributed by atoms with Gasteiger partial charge in [-0.3, -0.25) is 9.59 Å². The number of ether oxygens (including phenoxy) is 1. The molecule has 5 heteroatoms. The first-order chi connectivity index (χ1) is 10.1. The summed E-state index contributed by atoms with van der Waals surface area (Å²) in [5.41, 5.74) is 0.387. The Balaban J connectivity index is 1.96. The van der Waals surface area contributed by atoms with Crippen molar-refractivity contribution in [2.24, 2.45) is 5.41 Å². The molecule has 5 nitrogen and oxygen atoms in total. The average Bonchev–Trinajstić information content (AvgIpc) is 2.49. The summed E-state index contributed by atoms with van der Waals surface area (Å²) in [6.07, 6.45) is 7.17. The first kappa shape index (κ1) is 16.0. The van der Waals surface area contributed by atoms with Crippen molar-refractivity contribution in [1.29, 1.82) is 0 Å². The number of hydrogen-bond donors (Lipinski definition) is 1. The molecule has 0 bridgehead atoms. The predicted octanol–water partition coefficient (Wildman–Crippen LogP) is 2.22. The van der Waals surface area contributed by atoms with Gasteiger partial charge in [0, 0.05) is 26.6 Å². The first-order valence-electron chi connectivity index (χ1n) is 7.75. The lowest BCUT2D eigenvalue weighted by Crippen LogP contribution is -2.42. The van der Waals surface area contributed by atoms with Gasteiger partial charge in [0.25, 0.3) is 0 Å². The third kappa shape index (κ3) is 3.84. The van der Waals surface area contributed by atoms with E-state index in [1.807, 2.05) is 6.08 Å². The lowest BCUT2D eigenvalue weighted by atomic mass is 9.71. The molecule has 21 heavy (non-hydrogen) atoms. The van der Waals surface area contributed by atoms with E-state index in [1.54, 1.807) is 12.0 Å². The average molecular weight is 295 g/mol. The summed E-state index contributed by atoms with van der Waals surface area (Å²) in [5, 5.41) is 9.55. The third-order valence-electron chi connectivity index (χ3n) is 4.74. The highest BCUT2D eigenvalue weighted by molar-refractivity contribution is 5.85. The van der Waals surface area contributed by atoms with E-state index in [0.29, 0.717) is 32.5 Å². The molecule has 0 aromatic carbocycles. The highest BCUT2D eigenvalue weighted by Crippen LogP contribution is 2.40. The molecule has 0 unspecified atom stereocenters. The number of carboxylic acids is 1. The Kier molecular flexibility index (Phi) is 5.39. The number of aliphatic carboxylic acids is 1. The summed E-state index contributed by atoms with van der Waals surface area (Å²) < 4.78 is 5.10. The molecular weight excluding hydrogens is 270 g/mol. The summed E-state index contributed by atoms with van der Waals surface area (Å²) in [7, 11) is 1.66. The number of carbonyl (C=O) groups excluding carboxylic acids is 1. The van der Waals surface area contributed by atoms with Gasteiger partial charge in [0.05, 0.1) is 12.0 Å². The van der Waals surface area contributed by atoms with Crippen molar-refractivity contribution < 1.29 is 19.4 Å². The molecule has 2 aliphatic rings. The van der Waals surface area contributed by atoms with E-state index in [1.165, 1.54) is 5.57 Å². The van der Waals surface area contributed by atoms with Gasteiger partial charge in [-0.25, -0.2) is 0 Å². The van der Waals surface area contributed by atoms with Crippen LogP contribution in [0.4, 0.5) is 0 Å². The second-order valence-corrected chi connectivity index (χ2v) is 6.21. The molecule has 0 radical (unpaired) electrons. The summed E-state index contributed by atoms with van der Waals surface area (Å²) in [5.74, 6) is -0.824. The quantitative estimate of drug-likeness (QED) is 0.790. The van der Waals surface area contributed by atoms with Crippen LogP contribution in [0.1, 0.15) is 44.9 Å². The van der Waals surface area contributed by atoms with Crippen LogP contribution in [-0.2, 0) is 14.3 Å². The number of carboxylic acid groups (broad SMARTS) is 1. The van der Waals surface area contributed by atoms with Crippen LogP contribution in [0.3, 0.4) is 0 Å². The van der Waals surface area contributed by atoms with E-state index in [2.05, 4.69) is 0 Å². The maximum atomic E-state index is 12.4. The standard InChI is InChI=1S/C16H25NO4/c1-21-12-13-5-9-17(10-6-13)14(18)11-16(15(19)20)7-3-2-4-8-16/h5H,2-4,6-12H2,1H3,(H,19,20). The number of methoxy groups -OCH3 is 1. The first-order valence-corrected chi connectivity index (χ1v) is 7.75. The molecule has 0 atom stereocenters. The predicted molar refractivity (Wildman–Crippen MR) is 78.9 cm³/mol. The molecule has 0 spiro atoms. The Morgan fingerprint density at radius 3 is 2.57 bits per heavy atom. The van der Waals surface area contributed by atoms with Crippen LogP contribution >= 0.6 is 0 Å². The molecule has 1 saturated carbocycles. The fraction of sp³-hybridized carbons (Fsp3) is 0.750. The largest absolute Gasteiger partial charge is 0.481 e. The second-order valence-electron chi connectivity index (χ2n) is 6.21. The zero-order valence-electron chi connectivity index (χ0n) is 12.8. The zero-order chi connectivity index (χ0) is 15.3. The summed E-state index contributed by atoms with van der Waals surface area (Å²) in [4.78, 5) is 25.9. The third-order valence-corrected chi connectivity index (χ3v) is 4.74. The normalized spacial score (nSPS) is 21.8. The minimum absolute atomic E-state index is 0.0213. The van der Waals surface area contributed by atoms with Crippen LogP contribution in [0.25, 0.3) is 0 Å². The molecule has 0 aromatic rings. The topological polar surface area (TPSA) is 66.8 Å². The smallest absolute Gasteiger partial charge is 0.310 e. The fourth-order valence-electron chi connectivity index (χ4n) is 3.35. The highest BCUT2D eigenvalue weighted by atomic mass is 16.5. The zero-order valence-corrected chi connectivity index (χ0v) is 12.8. The molecule has 0 aromatic heterocycles. The Hall–Kier alpha value is -1.36. The van der Waals surface area contributed by atoms with Crippen molar-refractivity contribution in [3.63, 3.8) is 0 Å². The van der Waals surface area contributed by atoms with Crippen LogP contribution < -0.4 is 0 Å². The van der Waals surface area contributed by atoms with Crippen LogP contribution in [0.15, 0.2) is 11.6 Å². The van der Waals surface area contributed by atoms with Crippen molar-refractivity contribution >= 4 is 11.9 Å². The lowest BCUT2D eigenvalue weighted by molar-refractivity contribution is -0.156. The number of amides is 1. The van der Waals surface area contributed by atoms with Gasteiger partial charge in [-0.15, -0.1) is 0 Å². The summed E-state index contributed by atoms with van der Waals surface area (Å²) in [6.45, 7) is 1.86. The molecule has 2 rings (SSSR count). The fourth-order valence-corrected chi connectivity index (χ4v) is 3.35. The molecule has 1 aliphatic heterocycles. The minimum atomic E-state index is -0.828. The number of nitrogens with zero attached hydrogens (tertiary/aromatic N) is 1. The minimum Gasteiger partial charge on any atom is -0.481 e. The van der Waals surface area contributed by atoms with E-state index in [0.717, 1.165) is 25.7 Å². The van der Waals surface area contributed by atoms with Crippen LogP contribution in [0, 0.1) is 5.41 Å². The molecule has 118 valence electrons. The van der Waals surface area contributed by atoms with Gasteiger partial charge >= 0.3 is 5.97 Å². The van der Waals surface area contributed by atoms with Crippen molar-refractivity contribution in [2.45, 2.75) is 44.9 Å². The molecular formula is C16H25NO4. The number of hydrogen-bond acceptors (Lipinski definition) is 3. The molecule has 1 fully saturated rings. The Bertz CT molecular complexity index is 424. The van der Waals surface area contributed by atoms with Gasteiger partial charge in [-0.05, 0) is 24.8 Å². The molecule has 0 saturated heterocycles. The Morgan fingerprint density at radius 2 is 2.05 bits per heavy atom. The van der Waals surface area contributed by atoms with E-state index >= 15 is 0 Å². The maximum absolute atomic E-state index is 12.4. The second kappa shape index (κ2) is 7.07. The summed E-state index contributed by atoms with van der Waals surface area (Å²) in [6, 6.07) is 0. The van der Waals surface area contributed by atoms with Gasteiger partial charge in [0.15, 0.2) is 0 Å². The van der Waals surface area contributed by atoms with Crippen LogP contribution in [0.2, 0.25) is 0 Å². The molecule has 1 heterocycles. The van der Waals surface area contributed by atoms with Crippen molar-refractivity contribution in [3.8, 4) is 0 Å². The Labute approximate surface area is 126 Å². The van der Waals surface area contributed by atoms with Crippen molar-refractivity contribution in [2.75, 3.05) is 26.8 Å². The van der Waals surface area contributed by atoms with Crippen molar-refractivity contribution in [1.82, 2.24) is 4.90 Å². The Morgan fingerprint density at radius 1 is 1.33 bits per heavy atom. The maximum Gasteiger partial charge on any atom is 0.310 e. The summed E-state index contributed by atoms with van der Waals surface area (Å²) >= 11 is 0. The SMILES string of the molecule is COCC1=CCN(C(=O)CC2(C(=O)O)CCCCC2)CC1. The molecule has 1 N–H and O–H groups in total. The van der Waals surface area contributed by atoms with E-state index in [9.17, 15) is 14.7 Å². The lowest BCUT2D eigenvalue weighted by Gasteiger charge is -2.35. The van der Waals surface area contributed by atoms with E-state index in [-0.39, 0.29) is 12.3 Å². The van der Waals surface area contributed by atoms with Gasteiger partial charge in [0.1, 0.15) is 0 Å². The van der Waals surface area contributed by atoms with Crippen LogP contribution in [-0.4, -0.2) is 48.7 Å².